The summed E-state index contributed by atoms with van der Waals surface area (Å²) in [6, 6.07) is 5.35. The minimum atomic E-state index is -0.139. The number of nitrogens with one attached hydrogen (secondary N) is 1. The first kappa shape index (κ1) is 13.2. The van der Waals surface area contributed by atoms with Crippen molar-refractivity contribution in [1.82, 2.24) is 5.32 Å². The van der Waals surface area contributed by atoms with Gasteiger partial charge >= 0.3 is 0 Å². The highest BCUT2D eigenvalue weighted by Gasteiger charge is 2.12. The summed E-state index contributed by atoms with van der Waals surface area (Å²) in [5.41, 5.74) is 2.28. The second-order valence-electron chi connectivity index (χ2n) is 4.30. The van der Waals surface area contributed by atoms with Crippen LogP contribution >= 0.6 is 0 Å². The van der Waals surface area contributed by atoms with Crippen molar-refractivity contribution >= 4 is 0 Å². The van der Waals surface area contributed by atoms with E-state index in [1.165, 1.54) is 11.6 Å². The van der Waals surface area contributed by atoms with Crippen molar-refractivity contribution in [3.8, 4) is 0 Å². The summed E-state index contributed by atoms with van der Waals surface area (Å²) < 4.78 is 13.2. The third-order valence-electron chi connectivity index (χ3n) is 2.83. The van der Waals surface area contributed by atoms with Crippen molar-refractivity contribution < 1.29 is 4.39 Å². The van der Waals surface area contributed by atoms with E-state index in [9.17, 15) is 4.39 Å². The zero-order valence-electron chi connectivity index (χ0n) is 10.5. The maximum Gasteiger partial charge on any atom is 0.123 e. The Labute approximate surface area is 98.1 Å². The quantitative estimate of drug-likeness (QED) is 0.769. The molecule has 1 atom stereocenters. The van der Waals surface area contributed by atoms with Gasteiger partial charge in [-0.1, -0.05) is 26.3 Å². The summed E-state index contributed by atoms with van der Waals surface area (Å²) in [7, 11) is 0. The molecule has 0 saturated heterocycles. The SMILES string of the molecule is CCCNC(CCC)c1cc(F)ccc1C. The van der Waals surface area contributed by atoms with Crippen LogP contribution in [0.4, 0.5) is 4.39 Å². The smallest absolute Gasteiger partial charge is 0.123 e. The van der Waals surface area contributed by atoms with Gasteiger partial charge in [0, 0.05) is 6.04 Å². The Morgan fingerprint density at radius 3 is 2.62 bits per heavy atom. The van der Waals surface area contributed by atoms with E-state index in [0.29, 0.717) is 6.04 Å². The molecule has 90 valence electrons. The minimum absolute atomic E-state index is 0.139. The van der Waals surface area contributed by atoms with Crippen LogP contribution in [0, 0.1) is 12.7 Å². The number of hydrogen-bond acceptors (Lipinski definition) is 1. The lowest BCUT2D eigenvalue weighted by Crippen LogP contribution is -2.22. The Kier molecular flexibility index (Phi) is 5.47. The van der Waals surface area contributed by atoms with Crippen LogP contribution in [-0.4, -0.2) is 6.54 Å². The van der Waals surface area contributed by atoms with Crippen LogP contribution in [0.15, 0.2) is 18.2 Å². The van der Waals surface area contributed by atoms with Gasteiger partial charge in [-0.25, -0.2) is 4.39 Å². The molecule has 1 unspecified atom stereocenters. The van der Waals surface area contributed by atoms with Gasteiger partial charge in [-0.2, -0.15) is 0 Å². The second kappa shape index (κ2) is 6.64. The zero-order chi connectivity index (χ0) is 12.0. The fourth-order valence-corrected chi connectivity index (χ4v) is 1.96. The molecule has 2 heteroatoms. The van der Waals surface area contributed by atoms with Gasteiger partial charge in [0.1, 0.15) is 5.82 Å². The Morgan fingerprint density at radius 2 is 2.00 bits per heavy atom. The first-order valence-electron chi connectivity index (χ1n) is 6.18. The summed E-state index contributed by atoms with van der Waals surface area (Å²) in [4.78, 5) is 0. The van der Waals surface area contributed by atoms with E-state index in [-0.39, 0.29) is 5.82 Å². The summed E-state index contributed by atoms with van der Waals surface area (Å²) in [5.74, 6) is -0.139. The monoisotopic (exact) mass is 223 g/mol. The lowest BCUT2D eigenvalue weighted by molar-refractivity contribution is 0.488. The molecule has 0 saturated carbocycles. The first-order chi connectivity index (χ1) is 7.69. The van der Waals surface area contributed by atoms with E-state index < -0.39 is 0 Å². The van der Waals surface area contributed by atoms with E-state index in [1.807, 2.05) is 13.0 Å². The molecule has 1 aromatic carbocycles. The number of rotatable bonds is 6. The highest BCUT2D eigenvalue weighted by Crippen LogP contribution is 2.22. The van der Waals surface area contributed by atoms with Crippen molar-refractivity contribution in [3.63, 3.8) is 0 Å². The average Bonchev–Trinajstić information content (AvgIpc) is 2.28. The van der Waals surface area contributed by atoms with E-state index in [2.05, 4.69) is 19.2 Å². The second-order valence-corrected chi connectivity index (χ2v) is 4.30. The third-order valence-corrected chi connectivity index (χ3v) is 2.83. The summed E-state index contributed by atoms with van der Waals surface area (Å²) in [6.45, 7) is 7.34. The lowest BCUT2D eigenvalue weighted by Gasteiger charge is -2.20. The number of benzene rings is 1. The molecular formula is C14H22FN. The van der Waals surface area contributed by atoms with Gasteiger partial charge in [-0.15, -0.1) is 0 Å². The normalized spacial score (nSPS) is 12.8. The molecule has 0 fully saturated rings. The minimum Gasteiger partial charge on any atom is -0.310 e. The van der Waals surface area contributed by atoms with Crippen molar-refractivity contribution in [3.05, 3.63) is 35.1 Å². The predicted octanol–water partition coefficient (Wildman–Crippen LogP) is 3.97. The highest BCUT2D eigenvalue weighted by atomic mass is 19.1. The van der Waals surface area contributed by atoms with Crippen LogP contribution in [-0.2, 0) is 0 Å². The van der Waals surface area contributed by atoms with Crippen molar-refractivity contribution in [1.29, 1.82) is 0 Å². The Balaban J connectivity index is 2.85. The maximum absolute atomic E-state index is 13.2. The molecular weight excluding hydrogens is 201 g/mol. The van der Waals surface area contributed by atoms with Gasteiger partial charge in [0.2, 0.25) is 0 Å². The highest BCUT2D eigenvalue weighted by molar-refractivity contribution is 5.29. The maximum atomic E-state index is 13.2. The molecule has 0 aliphatic carbocycles. The molecule has 1 nitrogen and oxygen atoms in total. The molecule has 1 N–H and O–H groups in total. The third kappa shape index (κ3) is 3.60. The van der Waals surface area contributed by atoms with Gasteiger partial charge in [0.25, 0.3) is 0 Å². The number of halogens is 1. The molecule has 1 aromatic rings. The molecule has 0 radical (unpaired) electrons. The van der Waals surface area contributed by atoms with Gasteiger partial charge in [-0.05, 0) is 49.6 Å². The van der Waals surface area contributed by atoms with Crippen LogP contribution in [0.25, 0.3) is 0 Å². The summed E-state index contributed by atoms with van der Waals surface area (Å²) in [5, 5.41) is 3.49. The van der Waals surface area contributed by atoms with Crippen LogP contribution in [0.5, 0.6) is 0 Å². The molecule has 0 aliphatic rings. The Morgan fingerprint density at radius 1 is 1.25 bits per heavy atom. The van der Waals surface area contributed by atoms with Crippen molar-refractivity contribution in [2.75, 3.05) is 6.54 Å². The molecule has 0 spiro atoms. The topological polar surface area (TPSA) is 12.0 Å². The van der Waals surface area contributed by atoms with Crippen LogP contribution in [0.2, 0.25) is 0 Å². The molecule has 0 bridgehead atoms. The zero-order valence-corrected chi connectivity index (χ0v) is 10.5. The van der Waals surface area contributed by atoms with Crippen molar-refractivity contribution in [2.45, 2.75) is 46.1 Å². The Hall–Kier alpha value is -0.890. The number of aryl methyl sites for hydroxylation is 1. The average molecular weight is 223 g/mol. The van der Waals surface area contributed by atoms with Crippen LogP contribution < -0.4 is 5.32 Å². The fraction of sp³-hybridized carbons (Fsp3) is 0.571. The first-order valence-corrected chi connectivity index (χ1v) is 6.18. The molecule has 0 aliphatic heterocycles. The van der Waals surface area contributed by atoms with E-state index in [4.69, 9.17) is 0 Å². The van der Waals surface area contributed by atoms with Gasteiger partial charge in [0.15, 0.2) is 0 Å². The van der Waals surface area contributed by atoms with E-state index >= 15 is 0 Å². The molecule has 1 rings (SSSR count). The van der Waals surface area contributed by atoms with E-state index in [1.54, 1.807) is 6.07 Å². The Bertz CT molecular complexity index is 323. The van der Waals surface area contributed by atoms with Crippen LogP contribution in [0.1, 0.15) is 50.3 Å². The van der Waals surface area contributed by atoms with Gasteiger partial charge < -0.3 is 5.32 Å². The number of hydrogen-bond donors (Lipinski definition) is 1. The van der Waals surface area contributed by atoms with Gasteiger partial charge in [0.05, 0.1) is 0 Å². The largest absolute Gasteiger partial charge is 0.310 e. The summed E-state index contributed by atoms with van der Waals surface area (Å²) >= 11 is 0. The fourth-order valence-electron chi connectivity index (χ4n) is 1.96. The predicted molar refractivity (Wildman–Crippen MR) is 67.1 cm³/mol. The van der Waals surface area contributed by atoms with Crippen LogP contribution in [0.3, 0.4) is 0 Å². The molecule has 0 aromatic heterocycles. The van der Waals surface area contributed by atoms with Gasteiger partial charge in [-0.3, -0.25) is 0 Å². The standard InChI is InChI=1S/C14H22FN/c1-4-6-14(16-9-5-2)13-10-12(15)8-7-11(13)3/h7-8,10,14,16H,4-6,9H2,1-3H3. The molecule has 16 heavy (non-hydrogen) atoms. The van der Waals surface area contributed by atoms with E-state index in [0.717, 1.165) is 31.4 Å². The lowest BCUT2D eigenvalue weighted by atomic mass is 9.97. The van der Waals surface area contributed by atoms with Crippen molar-refractivity contribution in [2.24, 2.45) is 0 Å². The molecule has 0 heterocycles. The molecule has 0 amide bonds. The summed E-state index contributed by atoms with van der Waals surface area (Å²) in [6.07, 6.45) is 3.27.